The normalized spacial score (nSPS) is 15.3. The first-order chi connectivity index (χ1) is 6.76. The third-order valence-electron chi connectivity index (χ3n) is 2.40. The highest BCUT2D eigenvalue weighted by atomic mass is 32.1. The van der Waals surface area contributed by atoms with E-state index in [-0.39, 0.29) is 5.97 Å². The quantitative estimate of drug-likeness (QED) is 0.780. The van der Waals surface area contributed by atoms with Gasteiger partial charge in [-0.1, -0.05) is 0 Å². The molecule has 2 rings (SSSR count). The first kappa shape index (κ1) is 9.52. The average Bonchev–Trinajstić information content (AvgIpc) is 2.97. The fourth-order valence-electron chi connectivity index (χ4n) is 1.48. The van der Waals surface area contributed by atoms with Crippen LogP contribution in [0.15, 0.2) is 6.07 Å². The zero-order chi connectivity index (χ0) is 10.1. The number of anilines is 1. The molecular formula is C10H13NO2S. The molecule has 0 spiro atoms. The summed E-state index contributed by atoms with van der Waals surface area (Å²) in [5.41, 5.74) is 1.16. The molecule has 4 heteroatoms. The number of ether oxygens (including phenoxy) is 1. The number of methoxy groups -OCH3 is 1. The predicted molar refractivity (Wildman–Crippen MR) is 57.2 cm³/mol. The van der Waals surface area contributed by atoms with Crippen LogP contribution < -0.4 is 5.32 Å². The largest absolute Gasteiger partial charge is 0.465 e. The molecule has 1 fully saturated rings. The lowest BCUT2D eigenvalue weighted by Gasteiger charge is -1.98. The second kappa shape index (κ2) is 3.61. The summed E-state index contributed by atoms with van der Waals surface area (Å²) in [7, 11) is 3.29. The molecule has 0 unspecified atom stereocenters. The molecule has 0 aromatic carbocycles. The van der Waals surface area contributed by atoms with Gasteiger partial charge < -0.3 is 10.1 Å². The second-order valence-corrected chi connectivity index (χ2v) is 4.46. The molecule has 0 atom stereocenters. The lowest BCUT2D eigenvalue weighted by Crippen LogP contribution is -2.00. The summed E-state index contributed by atoms with van der Waals surface area (Å²) in [6.07, 6.45) is 2.40. The first-order valence-electron chi connectivity index (χ1n) is 4.66. The Morgan fingerprint density at radius 3 is 2.86 bits per heavy atom. The third kappa shape index (κ3) is 1.62. The van der Waals surface area contributed by atoms with E-state index in [0.29, 0.717) is 5.92 Å². The Bertz CT molecular complexity index is 355. The Balaban J connectivity index is 2.34. The van der Waals surface area contributed by atoms with Crippen LogP contribution >= 0.6 is 11.3 Å². The minimum absolute atomic E-state index is 0.210. The van der Waals surface area contributed by atoms with Crippen LogP contribution in [0.1, 0.15) is 34.0 Å². The van der Waals surface area contributed by atoms with E-state index in [9.17, 15) is 4.79 Å². The van der Waals surface area contributed by atoms with Crippen LogP contribution in [0.4, 0.5) is 5.00 Å². The molecule has 14 heavy (non-hydrogen) atoms. The zero-order valence-corrected chi connectivity index (χ0v) is 9.11. The van der Waals surface area contributed by atoms with Gasteiger partial charge in [-0.3, -0.25) is 0 Å². The number of nitrogens with one attached hydrogen (secondary N) is 1. The van der Waals surface area contributed by atoms with Crippen LogP contribution in [0.2, 0.25) is 0 Å². The van der Waals surface area contributed by atoms with Gasteiger partial charge in [0.1, 0.15) is 4.88 Å². The van der Waals surface area contributed by atoms with Gasteiger partial charge in [-0.25, -0.2) is 4.79 Å². The highest BCUT2D eigenvalue weighted by Gasteiger charge is 2.30. The Hall–Kier alpha value is -1.03. The van der Waals surface area contributed by atoms with Gasteiger partial charge in [0, 0.05) is 7.05 Å². The van der Waals surface area contributed by atoms with Crippen LogP contribution in [0.3, 0.4) is 0 Å². The number of hydrogen-bond acceptors (Lipinski definition) is 4. The fourth-order valence-corrected chi connectivity index (χ4v) is 2.50. The summed E-state index contributed by atoms with van der Waals surface area (Å²) < 4.78 is 4.76. The highest BCUT2D eigenvalue weighted by Crippen LogP contribution is 2.45. The summed E-state index contributed by atoms with van der Waals surface area (Å²) in [5.74, 6) is 0.376. The van der Waals surface area contributed by atoms with Gasteiger partial charge in [0.05, 0.1) is 12.1 Å². The van der Waals surface area contributed by atoms with Crippen molar-refractivity contribution in [2.24, 2.45) is 0 Å². The van der Waals surface area contributed by atoms with Crippen LogP contribution in [0.5, 0.6) is 0 Å². The van der Waals surface area contributed by atoms with Crippen LogP contribution in [-0.4, -0.2) is 20.1 Å². The van der Waals surface area contributed by atoms with Crippen molar-refractivity contribution in [3.63, 3.8) is 0 Å². The molecule has 0 saturated heterocycles. The maximum Gasteiger partial charge on any atom is 0.348 e. The molecule has 1 saturated carbocycles. The van der Waals surface area contributed by atoms with Crippen LogP contribution in [0.25, 0.3) is 0 Å². The average molecular weight is 211 g/mol. The van der Waals surface area contributed by atoms with Crippen LogP contribution in [-0.2, 0) is 4.74 Å². The summed E-state index contributed by atoms with van der Waals surface area (Å²) in [4.78, 5) is 12.2. The summed E-state index contributed by atoms with van der Waals surface area (Å²) in [6.45, 7) is 0. The van der Waals surface area contributed by atoms with Crippen molar-refractivity contribution in [2.75, 3.05) is 19.5 Å². The number of thiophene rings is 1. The number of rotatable bonds is 3. The van der Waals surface area contributed by atoms with Crippen molar-refractivity contribution < 1.29 is 9.53 Å². The van der Waals surface area contributed by atoms with Crippen LogP contribution in [0, 0.1) is 0 Å². The minimum Gasteiger partial charge on any atom is -0.465 e. The number of hydrogen-bond donors (Lipinski definition) is 1. The van der Waals surface area contributed by atoms with E-state index in [1.54, 1.807) is 0 Å². The molecular weight excluding hydrogens is 198 g/mol. The second-order valence-electron chi connectivity index (χ2n) is 3.41. The molecule has 0 aliphatic heterocycles. The molecule has 0 radical (unpaired) electrons. The summed E-state index contributed by atoms with van der Waals surface area (Å²) >= 11 is 1.47. The van der Waals surface area contributed by atoms with Gasteiger partial charge >= 0.3 is 5.97 Å². The van der Waals surface area contributed by atoms with E-state index in [0.717, 1.165) is 15.4 Å². The first-order valence-corrected chi connectivity index (χ1v) is 5.47. The fraction of sp³-hybridized carbons (Fsp3) is 0.500. The minimum atomic E-state index is -0.210. The van der Waals surface area contributed by atoms with E-state index in [1.165, 1.54) is 31.3 Å². The molecule has 1 aromatic rings. The third-order valence-corrected chi connectivity index (χ3v) is 3.54. The standard InChI is InChI=1S/C10H13NO2S/c1-11-8-5-7(6-3-4-6)9(14-8)10(12)13-2/h5-6,11H,3-4H2,1-2H3. The van der Waals surface area contributed by atoms with Gasteiger partial charge in [0.2, 0.25) is 0 Å². The van der Waals surface area contributed by atoms with Gasteiger partial charge in [0.15, 0.2) is 0 Å². The van der Waals surface area contributed by atoms with Gasteiger partial charge in [-0.05, 0) is 30.4 Å². The van der Waals surface area contributed by atoms with E-state index >= 15 is 0 Å². The van der Waals surface area contributed by atoms with E-state index < -0.39 is 0 Å². The molecule has 0 amide bonds. The molecule has 1 heterocycles. The monoisotopic (exact) mass is 211 g/mol. The van der Waals surface area contributed by atoms with E-state index in [2.05, 4.69) is 11.4 Å². The Morgan fingerprint density at radius 2 is 2.36 bits per heavy atom. The van der Waals surface area contributed by atoms with Crippen molar-refractivity contribution in [1.29, 1.82) is 0 Å². The maximum atomic E-state index is 11.5. The Labute approximate surface area is 87.1 Å². The Kier molecular flexibility index (Phi) is 2.46. The number of carbonyl (C=O) groups is 1. The number of carbonyl (C=O) groups excluding carboxylic acids is 1. The lowest BCUT2D eigenvalue weighted by molar-refractivity contribution is 0.0605. The van der Waals surface area contributed by atoms with Crippen molar-refractivity contribution in [3.8, 4) is 0 Å². The summed E-state index contributed by atoms with van der Waals surface area (Å²) in [5, 5.41) is 4.09. The van der Waals surface area contributed by atoms with Crippen molar-refractivity contribution >= 4 is 22.3 Å². The maximum absolute atomic E-state index is 11.5. The van der Waals surface area contributed by atoms with Crippen molar-refractivity contribution in [3.05, 3.63) is 16.5 Å². The summed E-state index contributed by atoms with van der Waals surface area (Å²) in [6, 6.07) is 2.06. The van der Waals surface area contributed by atoms with E-state index in [1.807, 2.05) is 7.05 Å². The molecule has 76 valence electrons. The zero-order valence-electron chi connectivity index (χ0n) is 8.29. The topological polar surface area (TPSA) is 38.3 Å². The van der Waals surface area contributed by atoms with Crippen molar-refractivity contribution in [1.82, 2.24) is 0 Å². The van der Waals surface area contributed by atoms with E-state index in [4.69, 9.17) is 4.74 Å². The SMILES string of the molecule is CNc1cc(C2CC2)c(C(=O)OC)s1. The molecule has 0 bridgehead atoms. The number of esters is 1. The molecule has 1 aromatic heterocycles. The molecule has 1 aliphatic carbocycles. The smallest absolute Gasteiger partial charge is 0.348 e. The predicted octanol–water partition coefficient (Wildman–Crippen LogP) is 2.45. The Morgan fingerprint density at radius 1 is 1.64 bits per heavy atom. The van der Waals surface area contributed by atoms with Crippen molar-refractivity contribution in [2.45, 2.75) is 18.8 Å². The van der Waals surface area contributed by atoms with Gasteiger partial charge in [-0.2, -0.15) is 0 Å². The lowest BCUT2D eigenvalue weighted by atomic mass is 10.1. The van der Waals surface area contributed by atoms with Gasteiger partial charge in [0.25, 0.3) is 0 Å². The molecule has 3 nitrogen and oxygen atoms in total. The van der Waals surface area contributed by atoms with Gasteiger partial charge in [-0.15, -0.1) is 11.3 Å². The highest BCUT2D eigenvalue weighted by molar-refractivity contribution is 7.18. The molecule has 1 aliphatic rings. The molecule has 1 N–H and O–H groups in total.